The summed E-state index contributed by atoms with van der Waals surface area (Å²) < 4.78 is 1.89. The van der Waals surface area contributed by atoms with Crippen LogP contribution in [-0.4, -0.2) is 15.0 Å². The number of fused-ring (bicyclic) bond motifs is 1. The molecule has 0 atom stereocenters. The maximum Gasteiger partial charge on any atom is 0.127 e. The van der Waals surface area contributed by atoms with Crippen molar-refractivity contribution >= 4 is 42.9 Å². The molecule has 0 saturated heterocycles. The van der Waals surface area contributed by atoms with E-state index in [9.17, 15) is 0 Å². The van der Waals surface area contributed by atoms with Crippen LogP contribution in [0, 0.1) is 0 Å². The summed E-state index contributed by atoms with van der Waals surface area (Å²) >= 11 is 7.04. The van der Waals surface area contributed by atoms with E-state index in [1.54, 1.807) is 4.80 Å². The second-order valence-electron chi connectivity index (χ2n) is 5.13. The van der Waals surface area contributed by atoms with Crippen LogP contribution in [0.3, 0.4) is 0 Å². The summed E-state index contributed by atoms with van der Waals surface area (Å²) in [4.78, 5) is 1.70. The first-order valence-electron chi connectivity index (χ1n) is 7.09. The van der Waals surface area contributed by atoms with Gasteiger partial charge in [0.2, 0.25) is 0 Å². The van der Waals surface area contributed by atoms with Gasteiger partial charge in [-0.1, -0.05) is 64.5 Å². The average Bonchev–Trinajstić information content (AvgIpc) is 3.00. The van der Waals surface area contributed by atoms with E-state index in [0.717, 1.165) is 36.8 Å². The fourth-order valence-corrected chi connectivity index (χ4v) is 3.85. The lowest BCUT2D eigenvalue weighted by molar-refractivity contribution is 0.767. The average molecular weight is 429 g/mol. The molecule has 23 heavy (non-hydrogen) atoms. The number of halogens is 2. The number of aromatic nitrogens is 3. The molecule has 5 heteroatoms. The molecule has 0 radical (unpaired) electrons. The highest BCUT2D eigenvalue weighted by molar-refractivity contribution is 9.11. The molecule has 0 aliphatic rings. The van der Waals surface area contributed by atoms with Gasteiger partial charge in [-0.15, -0.1) is 15.0 Å². The zero-order chi connectivity index (χ0) is 15.8. The van der Waals surface area contributed by atoms with Crippen molar-refractivity contribution in [1.29, 1.82) is 0 Å². The maximum atomic E-state index is 4.65. The molecule has 0 bridgehead atoms. The number of nitrogens with zero attached hydrogens (tertiary/aromatic N) is 3. The van der Waals surface area contributed by atoms with Crippen LogP contribution in [0.25, 0.3) is 27.8 Å². The van der Waals surface area contributed by atoms with E-state index in [1.165, 1.54) is 0 Å². The summed E-state index contributed by atoms with van der Waals surface area (Å²) in [6, 6.07) is 22.4. The first kappa shape index (κ1) is 14.6. The lowest BCUT2D eigenvalue weighted by Crippen LogP contribution is -2.00. The summed E-state index contributed by atoms with van der Waals surface area (Å²) in [5.41, 5.74) is 4.89. The predicted molar refractivity (Wildman–Crippen MR) is 99.7 cm³/mol. The van der Waals surface area contributed by atoms with Crippen molar-refractivity contribution < 1.29 is 0 Å². The van der Waals surface area contributed by atoms with Gasteiger partial charge >= 0.3 is 0 Å². The molecule has 0 unspecified atom stereocenters. The van der Waals surface area contributed by atoms with Gasteiger partial charge in [0, 0.05) is 14.5 Å². The van der Waals surface area contributed by atoms with Crippen molar-refractivity contribution in [2.24, 2.45) is 0 Å². The Kier molecular flexibility index (Phi) is 3.75. The lowest BCUT2D eigenvalue weighted by Gasteiger charge is -2.08. The quantitative estimate of drug-likeness (QED) is 0.415. The number of rotatable bonds is 2. The monoisotopic (exact) mass is 427 g/mol. The zero-order valence-corrected chi connectivity index (χ0v) is 15.1. The Labute approximate surface area is 150 Å². The molecule has 0 spiro atoms. The van der Waals surface area contributed by atoms with Crippen LogP contribution < -0.4 is 0 Å². The van der Waals surface area contributed by atoms with E-state index in [0.29, 0.717) is 0 Å². The van der Waals surface area contributed by atoms with E-state index < -0.39 is 0 Å². The minimum Gasteiger partial charge on any atom is -0.150 e. The molecule has 1 heterocycles. The molecule has 4 rings (SSSR count). The summed E-state index contributed by atoms with van der Waals surface area (Å²) in [5.74, 6) is 0. The smallest absolute Gasteiger partial charge is 0.127 e. The largest absolute Gasteiger partial charge is 0.150 e. The number of para-hydroxylation sites is 1. The highest BCUT2D eigenvalue weighted by Crippen LogP contribution is 2.29. The van der Waals surface area contributed by atoms with Gasteiger partial charge in [-0.3, -0.25) is 0 Å². The van der Waals surface area contributed by atoms with Crippen LogP contribution in [-0.2, 0) is 0 Å². The van der Waals surface area contributed by atoms with Crippen LogP contribution in [0.2, 0.25) is 0 Å². The molecule has 0 saturated carbocycles. The summed E-state index contributed by atoms with van der Waals surface area (Å²) in [7, 11) is 0. The van der Waals surface area contributed by atoms with Gasteiger partial charge in [0.25, 0.3) is 0 Å². The second kappa shape index (κ2) is 5.91. The van der Waals surface area contributed by atoms with Crippen LogP contribution >= 0.6 is 31.9 Å². The van der Waals surface area contributed by atoms with Crippen molar-refractivity contribution in [2.75, 3.05) is 0 Å². The first-order valence-corrected chi connectivity index (χ1v) is 8.68. The minimum atomic E-state index is 0.842. The maximum absolute atomic E-state index is 4.65. The van der Waals surface area contributed by atoms with Crippen molar-refractivity contribution in [3.63, 3.8) is 0 Å². The fraction of sp³-hybridized carbons (Fsp3) is 0. The number of hydrogen-bond donors (Lipinski definition) is 0. The molecule has 112 valence electrons. The standard InChI is InChI=1S/C18H11Br2N3/c19-13-10-15(20)18-16(11-13)21-23(22-18)17-9-5-4-8-14(17)12-6-2-1-3-7-12/h1-11H. The Morgan fingerprint density at radius 1 is 0.783 bits per heavy atom. The second-order valence-corrected chi connectivity index (χ2v) is 6.90. The first-order chi connectivity index (χ1) is 11.2. The van der Waals surface area contributed by atoms with E-state index >= 15 is 0 Å². The summed E-state index contributed by atoms with van der Waals surface area (Å²) in [5, 5.41) is 9.28. The molecular weight excluding hydrogens is 418 g/mol. The van der Waals surface area contributed by atoms with E-state index in [4.69, 9.17) is 0 Å². The third-order valence-electron chi connectivity index (χ3n) is 3.61. The SMILES string of the molecule is Brc1cc(Br)c2nn(-c3ccccc3-c3ccccc3)nc2c1. The summed E-state index contributed by atoms with van der Waals surface area (Å²) in [6.45, 7) is 0. The third kappa shape index (κ3) is 2.71. The normalized spacial score (nSPS) is 11.0. The third-order valence-corrected chi connectivity index (χ3v) is 4.67. The number of benzene rings is 3. The molecular formula is C18H11Br2N3. The van der Waals surface area contributed by atoms with Crippen molar-refractivity contribution in [3.8, 4) is 16.8 Å². The fourth-order valence-electron chi connectivity index (χ4n) is 2.56. The van der Waals surface area contributed by atoms with Gasteiger partial charge in [-0.25, -0.2) is 0 Å². The Morgan fingerprint density at radius 2 is 1.52 bits per heavy atom. The molecule has 0 amide bonds. The van der Waals surface area contributed by atoms with Crippen molar-refractivity contribution in [2.45, 2.75) is 0 Å². The van der Waals surface area contributed by atoms with Gasteiger partial charge in [-0.2, -0.15) is 0 Å². The van der Waals surface area contributed by atoms with Crippen LogP contribution in [0.4, 0.5) is 0 Å². The van der Waals surface area contributed by atoms with Crippen LogP contribution in [0.15, 0.2) is 75.7 Å². The summed E-state index contributed by atoms with van der Waals surface area (Å²) in [6.07, 6.45) is 0. The van der Waals surface area contributed by atoms with Crippen molar-refractivity contribution in [3.05, 3.63) is 75.7 Å². The lowest BCUT2D eigenvalue weighted by atomic mass is 10.0. The molecule has 3 nitrogen and oxygen atoms in total. The van der Waals surface area contributed by atoms with E-state index in [1.807, 2.05) is 48.5 Å². The highest BCUT2D eigenvalue weighted by Gasteiger charge is 2.12. The van der Waals surface area contributed by atoms with Crippen LogP contribution in [0.5, 0.6) is 0 Å². The van der Waals surface area contributed by atoms with Gasteiger partial charge in [0.15, 0.2) is 0 Å². The zero-order valence-electron chi connectivity index (χ0n) is 11.9. The van der Waals surface area contributed by atoms with E-state index in [-0.39, 0.29) is 0 Å². The van der Waals surface area contributed by atoms with Gasteiger partial charge in [-0.05, 0) is 39.7 Å². The molecule has 1 aromatic heterocycles. The van der Waals surface area contributed by atoms with Crippen LogP contribution in [0.1, 0.15) is 0 Å². The predicted octanol–water partition coefficient (Wildman–Crippen LogP) is 5.61. The molecule has 0 N–H and O–H groups in total. The minimum absolute atomic E-state index is 0.842. The van der Waals surface area contributed by atoms with Gasteiger partial charge < -0.3 is 0 Å². The van der Waals surface area contributed by atoms with E-state index in [2.05, 4.69) is 60.3 Å². The topological polar surface area (TPSA) is 30.7 Å². The molecule has 0 aliphatic heterocycles. The molecule has 0 aliphatic carbocycles. The Bertz CT molecular complexity index is 994. The van der Waals surface area contributed by atoms with Gasteiger partial charge in [0.1, 0.15) is 11.0 Å². The van der Waals surface area contributed by atoms with Gasteiger partial charge in [0.05, 0.1) is 5.69 Å². The molecule has 0 fully saturated rings. The Hall–Kier alpha value is -1.98. The highest BCUT2D eigenvalue weighted by atomic mass is 79.9. The Balaban J connectivity index is 1.94. The Morgan fingerprint density at radius 3 is 2.35 bits per heavy atom. The molecule has 4 aromatic rings. The van der Waals surface area contributed by atoms with Crippen molar-refractivity contribution in [1.82, 2.24) is 15.0 Å². The molecule has 3 aromatic carbocycles. The number of hydrogen-bond acceptors (Lipinski definition) is 2.